The Morgan fingerprint density at radius 3 is 2.35 bits per heavy atom. The highest BCUT2D eigenvalue weighted by Crippen LogP contribution is 2.29. The van der Waals surface area contributed by atoms with Gasteiger partial charge in [0.15, 0.2) is 0 Å². The average molecular weight is 280 g/mol. The van der Waals surface area contributed by atoms with E-state index in [9.17, 15) is 4.79 Å². The van der Waals surface area contributed by atoms with Crippen LogP contribution in [0.1, 0.15) is 32.4 Å². The third-order valence-corrected chi connectivity index (χ3v) is 3.46. The second kappa shape index (κ2) is 7.14. The smallest absolute Gasteiger partial charge is 0.224 e. The van der Waals surface area contributed by atoms with E-state index >= 15 is 0 Å². The summed E-state index contributed by atoms with van der Waals surface area (Å²) >= 11 is 0. The van der Waals surface area contributed by atoms with E-state index in [1.54, 1.807) is 14.2 Å². The van der Waals surface area contributed by atoms with Crippen molar-refractivity contribution in [3.05, 3.63) is 23.8 Å². The lowest BCUT2D eigenvalue weighted by Gasteiger charge is -2.21. The minimum Gasteiger partial charge on any atom is -0.497 e. The van der Waals surface area contributed by atoms with E-state index < -0.39 is 0 Å². The van der Waals surface area contributed by atoms with Crippen LogP contribution in [-0.4, -0.2) is 26.2 Å². The van der Waals surface area contributed by atoms with Crippen molar-refractivity contribution >= 4 is 5.91 Å². The van der Waals surface area contributed by atoms with Crippen LogP contribution in [0.4, 0.5) is 0 Å². The molecule has 0 aliphatic heterocycles. The molecule has 1 aromatic rings. The van der Waals surface area contributed by atoms with Crippen molar-refractivity contribution in [3.8, 4) is 11.5 Å². The van der Waals surface area contributed by atoms with E-state index in [1.807, 2.05) is 39.0 Å². The fraction of sp³-hybridized carbons (Fsp3) is 0.533. The number of ether oxygens (including phenoxy) is 2. The first-order valence-electron chi connectivity index (χ1n) is 6.68. The van der Waals surface area contributed by atoms with Crippen molar-refractivity contribution in [2.45, 2.75) is 32.9 Å². The molecular weight excluding hydrogens is 256 g/mol. The Hall–Kier alpha value is -1.75. The van der Waals surface area contributed by atoms with Gasteiger partial charge in [0.05, 0.1) is 20.3 Å². The van der Waals surface area contributed by atoms with E-state index in [-0.39, 0.29) is 23.9 Å². The summed E-state index contributed by atoms with van der Waals surface area (Å²) in [7, 11) is 3.21. The van der Waals surface area contributed by atoms with Gasteiger partial charge in [0.25, 0.3) is 0 Å². The molecule has 0 aliphatic rings. The first-order valence-corrected chi connectivity index (χ1v) is 6.68. The number of carbonyl (C=O) groups excluding carboxylic acids is 1. The molecule has 0 aromatic heterocycles. The van der Waals surface area contributed by atoms with Crippen LogP contribution in [0.25, 0.3) is 0 Å². The molecule has 1 rings (SSSR count). The lowest BCUT2D eigenvalue weighted by molar-refractivity contribution is -0.125. The summed E-state index contributed by atoms with van der Waals surface area (Å²) in [5, 5.41) is 2.95. The molecule has 0 radical (unpaired) electrons. The van der Waals surface area contributed by atoms with E-state index in [1.165, 1.54) is 0 Å². The van der Waals surface area contributed by atoms with Gasteiger partial charge in [-0.2, -0.15) is 0 Å². The molecule has 5 nitrogen and oxygen atoms in total. The highest BCUT2D eigenvalue weighted by atomic mass is 16.5. The van der Waals surface area contributed by atoms with Crippen LogP contribution in [0, 0.1) is 5.92 Å². The molecule has 1 amide bonds. The largest absolute Gasteiger partial charge is 0.497 e. The summed E-state index contributed by atoms with van der Waals surface area (Å²) in [5.74, 6) is 1.13. The first-order chi connectivity index (χ1) is 9.40. The number of rotatable bonds is 6. The zero-order valence-electron chi connectivity index (χ0n) is 12.8. The molecule has 0 spiro atoms. The molecule has 0 heterocycles. The molecule has 3 unspecified atom stereocenters. The van der Waals surface area contributed by atoms with Crippen LogP contribution in [0.5, 0.6) is 11.5 Å². The molecule has 0 saturated carbocycles. The first kappa shape index (κ1) is 16.3. The van der Waals surface area contributed by atoms with Gasteiger partial charge in [-0.3, -0.25) is 4.79 Å². The van der Waals surface area contributed by atoms with Crippen LogP contribution in [-0.2, 0) is 4.79 Å². The molecule has 112 valence electrons. The van der Waals surface area contributed by atoms with Gasteiger partial charge in [0.1, 0.15) is 11.5 Å². The third-order valence-electron chi connectivity index (χ3n) is 3.46. The maximum atomic E-state index is 12.1. The van der Waals surface area contributed by atoms with Crippen LogP contribution < -0.4 is 20.5 Å². The Balaban J connectivity index is 2.91. The number of hydrogen-bond acceptors (Lipinski definition) is 4. The molecule has 3 atom stereocenters. The van der Waals surface area contributed by atoms with Crippen molar-refractivity contribution in [2.75, 3.05) is 14.2 Å². The normalized spacial score (nSPS) is 15.1. The van der Waals surface area contributed by atoms with E-state index in [0.29, 0.717) is 5.75 Å². The van der Waals surface area contributed by atoms with Crippen LogP contribution in [0.3, 0.4) is 0 Å². The van der Waals surface area contributed by atoms with Gasteiger partial charge >= 0.3 is 0 Å². The van der Waals surface area contributed by atoms with Crippen molar-refractivity contribution in [1.82, 2.24) is 5.32 Å². The second-order valence-electron chi connectivity index (χ2n) is 4.99. The topological polar surface area (TPSA) is 73.6 Å². The maximum absolute atomic E-state index is 12.1. The highest BCUT2D eigenvalue weighted by Gasteiger charge is 2.21. The lowest BCUT2D eigenvalue weighted by atomic mass is 10.0. The SMILES string of the molecule is COc1ccc(OC)c(C(C)NC(=O)C(C)C(C)N)c1. The number of nitrogens with two attached hydrogens (primary N) is 1. The fourth-order valence-electron chi connectivity index (χ4n) is 1.84. The number of benzene rings is 1. The van der Waals surface area contributed by atoms with Gasteiger partial charge in [-0.25, -0.2) is 0 Å². The predicted octanol–water partition coefficient (Wildman–Crippen LogP) is 1.86. The van der Waals surface area contributed by atoms with Gasteiger partial charge in [0.2, 0.25) is 5.91 Å². The quantitative estimate of drug-likeness (QED) is 0.834. The number of hydrogen-bond donors (Lipinski definition) is 2. The zero-order chi connectivity index (χ0) is 15.3. The van der Waals surface area contributed by atoms with Gasteiger partial charge in [0, 0.05) is 17.5 Å². The maximum Gasteiger partial charge on any atom is 0.224 e. The number of nitrogens with one attached hydrogen (secondary N) is 1. The van der Waals surface area contributed by atoms with Gasteiger partial charge in [-0.15, -0.1) is 0 Å². The molecule has 5 heteroatoms. The number of carbonyl (C=O) groups is 1. The van der Waals surface area contributed by atoms with Crippen LogP contribution in [0.15, 0.2) is 18.2 Å². The lowest BCUT2D eigenvalue weighted by Crippen LogP contribution is -2.39. The minimum absolute atomic E-state index is 0.0719. The van der Waals surface area contributed by atoms with Crippen molar-refractivity contribution in [1.29, 1.82) is 0 Å². The highest BCUT2D eigenvalue weighted by molar-refractivity contribution is 5.79. The predicted molar refractivity (Wildman–Crippen MR) is 78.9 cm³/mol. The fourth-order valence-corrected chi connectivity index (χ4v) is 1.84. The van der Waals surface area contributed by atoms with Crippen molar-refractivity contribution in [3.63, 3.8) is 0 Å². The molecule has 1 aromatic carbocycles. The summed E-state index contributed by atoms with van der Waals surface area (Å²) in [5.41, 5.74) is 6.62. The molecule has 0 fully saturated rings. The monoisotopic (exact) mass is 280 g/mol. The molecule has 0 saturated heterocycles. The van der Waals surface area contributed by atoms with Crippen LogP contribution in [0.2, 0.25) is 0 Å². The Kier molecular flexibility index (Phi) is 5.82. The minimum atomic E-state index is -0.242. The van der Waals surface area contributed by atoms with Gasteiger partial charge < -0.3 is 20.5 Å². The molecular formula is C15H24N2O3. The molecule has 0 aliphatic carbocycles. The Bertz CT molecular complexity index is 460. The van der Waals surface area contributed by atoms with Crippen molar-refractivity contribution in [2.24, 2.45) is 11.7 Å². The summed E-state index contributed by atoms with van der Waals surface area (Å²) in [6.45, 7) is 5.54. The number of amides is 1. The second-order valence-corrected chi connectivity index (χ2v) is 4.99. The number of methoxy groups -OCH3 is 2. The standard InChI is InChI=1S/C15H24N2O3/c1-9(10(2)16)15(18)17-11(3)13-8-12(19-4)6-7-14(13)20-5/h6-11H,16H2,1-5H3,(H,17,18). The van der Waals surface area contributed by atoms with Gasteiger partial charge in [-0.1, -0.05) is 6.92 Å². The summed E-state index contributed by atoms with van der Waals surface area (Å²) in [4.78, 5) is 12.1. The zero-order valence-corrected chi connectivity index (χ0v) is 12.8. The Labute approximate surface area is 120 Å². The van der Waals surface area contributed by atoms with Crippen molar-refractivity contribution < 1.29 is 14.3 Å². The third kappa shape index (κ3) is 3.87. The molecule has 20 heavy (non-hydrogen) atoms. The summed E-state index contributed by atoms with van der Waals surface area (Å²) < 4.78 is 10.5. The Morgan fingerprint density at radius 2 is 1.85 bits per heavy atom. The van der Waals surface area contributed by atoms with Gasteiger partial charge in [-0.05, 0) is 32.0 Å². The van der Waals surface area contributed by atoms with E-state index in [4.69, 9.17) is 15.2 Å². The van der Waals surface area contributed by atoms with Crippen LogP contribution >= 0.6 is 0 Å². The molecule has 3 N–H and O–H groups in total. The van der Waals surface area contributed by atoms with E-state index in [0.717, 1.165) is 11.3 Å². The average Bonchev–Trinajstić information content (AvgIpc) is 2.45. The Morgan fingerprint density at radius 1 is 1.20 bits per heavy atom. The molecule has 0 bridgehead atoms. The summed E-state index contributed by atoms with van der Waals surface area (Å²) in [6, 6.07) is 5.14. The van der Waals surface area contributed by atoms with E-state index in [2.05, 4.69) is 5.32 Å². The summed E-state index contributed by atoms with van der Waals surface area (Å²) in [6.07, 6.45) is 0.